The van der Waals surface area contributed by atoms with E-state index in [2.05, 4.69) is 28.5 Å². The van der Waals surface area contributed by atoms with Gasteiger partial charge in [-0.15, -0.1) is 0 Å². The van der Waals surface area contributed by atoms with Crippen LogP contribution in [0.15, 0.2) is 66.7 Å². The van der Waals surface area contributed by atoms with Gasteiger partial charge < -0.3 is 9.47 Å². The third-order valence-corrected chi connectivity index (χ3v) is 1.61. The average Bonchev–Trinajstić information content (AvgIpc) is 2.89. The summed E-state index contributed by atoms with van der Waals surface area (Å²) in [6, 6.07) is 22.3. The van der Waals surface area contributed by atoms with E-state index in [1.165, 1.54) is 5.56 Å². The molecule has 0 bridgehead atoms. The lowest BCUT2D eigenvalue weighted by molar-refractivity contribution is 0.277. The zero-order valence-corrected chi connectivity index (χ0v) is 33.7. The predicted molar refractivity (Wildman–Crippen MR) is 208 cm³/mol. The zero-order chi connectivity index (χ0) is 26.8. The van der Waals surface area contributed by atoms with Crippen LogP contribution < -0.4 is 0 Å². The molecule has 2 aromatic rings. The number of aryl methyl sites for hydroxylation is 1. The third kappa shape index (κ3) is 211. The molecule has 0 saturated heterocycles. The average molecular weight is 606 g/mol. The summed E-state index contributed by atoms with van der Waals surface area (Å²) >= 11 is 0. The smallest absolute Gasteiger partial charge is 0.0351 e. The summed E-state index contributed by atoms with van der Waals surface area (Å²) in [5, 5.41) is 0. The van der Waals surface area contributed by atoms with Crippen LogP contribution in [0.5, 0.6) is 0 Å². The van der Waals surface area contributed by atoms with Crippen molar-refractivity contribution in [3.63, 3.8) is 0 Å². The molecule has 0 aliphatic rings. The molecule has 0 amide bonds. The maximum atomic E-state index is 4.25. The van der Waals surface area contributed by atoms with E-state index in [4.69, 9.17) is 0 Å². The van der Waals surface area contributed by atoms with Crippen molar-refractivity contribution < 1.29 is 9.47 Å². The molecule has 2 aromatic carbocycles. The molecular weight excluding hydrogens is 527 g/mol. The van der Waals surface area contributed by atoms with E-state index >= 15 is 0 Å². The highest BCUT2D eigenvalue weighted by molar-refractivity contribution is 6.92. The molecule has 4 unspecified atom stereocenters. The van der Waals surface area contributed by atoms with E-state index in [0.717, 1.165) is 0 Å². The van der Waals surface area contributed by atoms with Crippen molar-refractivity contribution in [2.24, 2.45) is 0 Å². The monoisotopic (exact) mass is 606 g/mol. The minimum Gasteiger partial charge on any atom is -0.388 e. The lowest BCUT2D eigenvalue weighted by atomic mass is 10.2. The van der Waals surface area contributed by atoms with E-state index in [1.54, 1.807) is 28.4 Å². The van der Waals surface area contributed by atoms with Gasteiger partial charge in [0.2, 0.25) is 0 Å². The Balaban J connectivity index is -0.0000000137. The molecule has 0 spiro atoms. The van der Waals surface area contributed by atoms with Crippen LogP contribution in [0.2, 0.25) is 0 Å². The van der Waals surface area contributed by atoms with Gasteiger partial charge in [-0.05, 0) is 6.92 Å². The molecule has 0 fully saturated rings. The van der Waals surface area contributed by atoms with Gasteiger partial charge >= 0.3 is 0 Å². The summed E-state index contributed by atoms with van der Waals surface area (Å²) in [6.45, 7) is 26.1. The van der Waals surface area contributed by atoms with Crippen LogP contribution in [0.1, 0.15) is 96.1 Å². The Kier molecular flexibility index (Phi) is 419. The van der Waals surface area contributed by atoms with Crippen molar-refractivity contribution in [3.05, 3.63) is 72.3 Å². The summed E-state index contributed by atoms with van der Waals surface area (Å²) in [4.78, 5) is 0. The fourth-order valence-corrected chi connectivity index (χ4v) is 0.919. The van der Waals surface area contributed by atoms with E-state index in [1.807, 2.05) is 138 Å². The molecule has 2 rings (SSSR count). The second-order valence-corrected chi connectivity index (χ2v) is 3.63. The number of hydrogen-bond acceptors (Lipinski definition) is 2. The highest BCUT2D eigenvalue weighted by Gasteiger charge is 1.72. The van der Waals surface area contributed by atoms with Crippen LogP contribution in [0.25, 0.3) is 0 Å². The normalized spacial score (nSPS) is 4.89. The van der Waals surface area contributed by atoms with Gasteiger partial charge in [0.1, 0.15) is 0 Å². The molecule has 0 aliphatic carbocycles. The molecule has 4 atom stereocenters. The Hall–Kier alpha value is 0.145. The second kappa shape index (κ2) is 171. The van der Waals surface area contributed by atoms with Gasteiger partial charge in [-0.2, -0.15) is 39.6 Å². The number of benzene rings is 2. The number of hydrogen-bond donors (Lipinski definition) is 0. The van der Waals surface area contributed by atoms with Gasteiger partial charge in [-0.25, -0.2) is 0 Å². The van der Waals surface area contributed by atoms with E-state index in [9.17, 15) is 0 Å². The lowest BCUT2D eigenvalue weighted by Gasteiger charge is -1.82. The summed E-state index contributed by atoms with van der Waals surface area (Å²) < 4.78 is 8.50. The molecule has 0 heterocycles. The minimum absolute atomic E-state index is 0. The molecule has 3 radical (unpaired) electrons. The Morgan fingerprint density at radius 3 is 0.568 bits per heavy atom. The van der Waals surface area contributed by atoms with Gasteiger partial charge in [0.15, 0.2) is 0 Å². The van der Waals surface area contributed by atoms with Crippen molar-refractivity contribution in [1.82, 2.24) is 0 Å². The fraction of sp³-hybridized carbons (Fsp3) is 0.600. The van der Waals surface area contributed by atoms with Crippen molar-refractivity contribution in [2.45, 2.75) is 97.4 Å². The molecule has 0 aromatic heterocycles. The first-order chi connectivity index (χ1) is 15.2. The topological polar surface area (TPSA) is 18.5 Å². The number of ether oxygens (including phenoxy) is 2. The molecule has 2 nitrogen and oxygen atoms in total. The Labute approximate surface area is 255 Å². The summed E-state index contributed by atoms with van der Waals surface area (Å²) in [5.74, 6) is 0. The second-order valence-electron chi connectivity index (χ2n) is 3.63. The Morgan fingerprint density at radius 1 is 0.378 bits per heavy atom. The van der Waals surface area contributed by atoms with Gasteiger partial charge in [-0.3, -0.25) is 0 Å². The predicted octanol–water partition coefficient (Wildman–Crippen LogP) is 10.9. The Bertz CT molecular complexity index is 330. The molecule has 0 N–H and O–H groups in total. The van der Waals surface area contributed by atoms with Crippen molar-refractivity contribution in [3.8, 4) is 0 Å². The van der Waals surface area contributed by atoms with Gasteiger partial charge in [-0.1, -0.05) is 163 Å². The van der Waals surface area contributed by atoms with Crippen molar-refractivity contribution in [2.75, 3.05) is 28.4 Å². The quantitative estimate of drug-likeness (QED) is 0.220. The highest BCUT2D eigenvalue weighted by atomic mass is 31.0. The number of methoxy groups -OCH3 is 2. The van der Waals surface area contributed by atoms with Crippen molar-refractivity contribution >= 4 is 48.0 Å². The zero-order valence-electron chi connectivity index (χ0n) is 28.1. The molecule has 0 saturated carbocycles. The number of rotatable bonds is 0. The van der Waals surface area contributed by atoms with E-state index in [-0.39, 0.29) is 55.4 Å². The first kappa shape index (κ1) is 90.6. The van der Waals surface area contributed by atoms with E-state index in [0.29, 0.717) is 0 Å². The van der Waals surface area contributed by atoms with Gasteiger partial charge in [0.05, 0.1) is 0 Å². The minimum atomic E-state index is 0. The van der Waals surface area contributed by atoms with Crippen LogP contribution >= 0.6 is 39.6 Å². The molecule has 7 heteroatoms. The molecular formula is C30H78BO2P4. The summed E-state index contributed by atoms with van der Waals surface area (Å²) in [5.41, 5.74) is 1.32. The molecule has 0 aliphatic heterocycles. The van der Waals surface area contributed by atoms with Crippen LogP contribution in [-0.4, -0.2) is 36.9 Å². The maximum Gasteiger partial charge on any atom is 0.0351 e. The van der Waals surface area contributed by atoms with E-state index < -0.39 is 0 Å². The third-order valence-electron chi connectivity index (χ3n) is 1.61. The van der Waals surface area contributed by atoms with Crippen molar-refractivity contribution in [1.29, 1.82) is 0 Å². The standard InChI is InChI=1S/C7H8.C6H6.2C2H6O.6C2H6.CH4.B.4H3P/c1-7-5-3-2-4-6-7;1-2-4-6-5-3-1;2*1-3-2;6*1-2;;;;;;/h2-6H,1H3;1-6H;2*1-2H3;6*1-2H3;1H4;;4*1H3. The molecule has 233 valence electrons. The maximum absolute atomic E-state index is 4.25. The summed E-state index contributed by atoms with van der Waals surface area (Å²) in [7, 11) is 6.50. The Morgan fingerprint density at radius 2 is 0.486 bits per heavy atom. The largest absolute Gasteiger partial charge is 0.388 e. The summed E-state index contributed by atoms with van der Waals surface area (Å²) in [6.07, 6.45) is 0. The van der Waals surface area contributed by atoms with Crippen LogP contribution in [0.3, 0.4) is 0 Å². The fourth-order valence-electron chi connectivity index (χ4n) is 0.919. The molecule has 37 heavy (non-hydrogen) atoms. The first-order valence-corrected chi connectivity index (χ1v) is 12.0. The first-order valence-electron chi connectivity index (χ1n) is 12.0. The SMILES string of the molecule is C.CC.CC.CC.CC.CC.CC.COC.COC.Cc1ccccc1.P.P.P.P.[B].c1ccccc1. The van der Waals surface area contributed by atoms with Gasteiger partial charge in [0.25, 0.3) is 0 Å². The lowest BCUT2D eigenvalue weighted by Crippen LogP contribution is -1.62. The van der Waals surface area contributed by atoms with Gasteiger partial charge in [0, 0.05) is 36.9 Å². The van der Waals surface area contributed by atoms with Crippen LogP contribution in [0, 0.1) is 6.92 Å². The highest BCUT2D eigenvalue weighted by Crippen LogP contribution is 1.92. The van der Waals surface area contributed by atoms with Crippen LogP contribution in [0.4, 0.5) is 0 Å². The van der Waals surface area contributed by atoms with Crippen LogP contribution in [-0.2, 0) is 9.47 Å².